The van der Waals surface area contributed by atoms with Gasteiger partial charge in [-0.15, -0.1) is 11.3 Å². The monoisotopic (exact) mass is 311 g/mol. The van der Waals surface area contributed by atoms with E-state index in [2.05, 4.69) is 10.3 Å². The van der Waals surface area contributed by atoms with Gasteiger partial charge in [-0.25, -0.2) is 9.78 Å². The van der Waals surface area contributed by atoms with Crippen molar-refractivity contribution in [3.63, 3.8) is 0 Å². The Morgan fingerprint density at radius 3 is 2.67 bits per heavy atom. The van der Waals surface area contributed by atoms with E-state index in [1.165, 1.54) is 16.7 Å². The van der Waals surface area contributed by atoms with Crippen molar-refractivity contribution < 1.29 is 14.7 Å². The number of carbonyl (C=O) groups is 2. The zero-order valence-corrected chi connectivity index (χ0v) is 12.7. The molecule has 0 atom stereocenters. The van der Waals surface area contributed by atoms with E-state index in [9.17, 15) is 9.59 Å². The molecule has 116 valence electrons. The number of hydrogen-bond acceptors (Lipinski definition) is 5. The third-order valence-corrected chi connectivity index (χ3v) is 4.87. The molecule has 0 bridgehead atoms. The number of carbonyl (C=O) groups excluding carboxylic acids is 1. The fourth-order valence-corrected chi connectivity index (χ4v) is 3.39. The van der Waals surface area contributed by atoms with Crippen LogP contribution in [0.5, 0.6) is 0 Å². The van der Waals surface area contributed by atoms with Crippen molar-refractivity contribution in [2.75, 3.05) is 13.1 Å². The minimum Gasteiger partial charge on any atom is -0.476 e. The molecule has 0 aliphatic heterocycles. The van der Waals surface area contributed by atoms with Crippen LogP contribution >= 0.6 is 11.3 Å². The van der Waals surface area contributed by atoms with E-state index in [0.717, 1.165) is 30.7 Å². The van der Waals surface area contributed by atoms with Gasteiger partial charge in [0.05, 0.1) is 5.01 Å². The fraction of sp³-hybridized carbons (Fsp3) is 0.643. The van der Waals surface area contributed by atoms with Gasteiger partial charge >= 0.3 is 5.97 Å². The first-order chi connectivity index (χ1) is 10.1. The van der Waals surface area contributed by atoms with Crippen LogP contribution in [-0.4, -0.2) is 35.1 Å². The van der Waals surface area contributed by atoms with Crippen LogP contribution in [0.2, 0.25) is 0 Å². The molecule has 1 aromatic heterocycles. The van der Waals surface area contributed by atoms with Gasteiger partial charge < -0.3 is 16.2 Å². The lowest BCUT2D eigenvalue weighted by Crippen LogP contribution is -2.35. The molecule has 1 aliphatic rings. The largest absolute Gasteiger partial charge is 0.476 e. The van der Waals surface area contributed by atoms with E-state index in [1.54, 1.807) is 0 Å². The molecule has 1 fully saturated rings. The molecular weight excluding hydrogens is 290 g/mol. The summed E-state index contributed by atoms with van der Waals surface area (Å²) in [5.41, 5.74) is 5.72. The van der Waals surface area contributed by atoms with Crippen molar-refractivity contribution in [2.24, 2.45) is 17.6 Å². The Bertz CT molecular complexity index is 495. The predicted molar refractivity (Wildman–Crippen MR) is 80.3 cm³/mol. The highest BCUT2D eigenvalue weighted by Gasteiger charge is 2.25. The number of amides is 1. The van der Waals surface area contributed by atoms with Gasteiger partial charge in [0.15, 0.2) is 5.69 Å². The molecule has 2 rings (SSSR count). The summed E-state index contributed by atoms with van der Waals surface area (Å²) >= 11 is 1.31. The summed E-state index contributed by atoms with van der Waals surface area (Å²) in [6.45, 7) is 1.21. The average molecular weight is 311 g/mol. The van der Waals surface area contributed by atoms with E-state index in [4.69, 9.17) is 10.8 Å². The molecule has 7 heteroatoms. The molecule has 1 amide bonds. The maximum absolute atomic E-state index is 12.0. The zero-order chi connectivity index (χ0) is 15.2. The van der Waals surface area contributed by atoms with Gasteiger partial charge in [0.2, 0.25) is 5.91 Å². The molecular formula is C14H21N3O3S. The average Bonchev–Trinajstić information content (AvgIpc) is 2.96. The summed E-state index contributed by atoms with van der Waals surface area (Å²) < 4.78 is 0. The summed E-state index contributed by atoms with van der Waals surface area (Å²) in [6.07, 6.45) is 4.45. The van der Waals surface area contributed by atoms with Crippen molar-refractivity contribution in [3.8, 4) is 0 Å². The van der Waals surface area contributed by atoms with Crippen LogP contribution in [0.1, 0.15) is 41.2 Å². The highest BCUT2D eigenvalue weighted by atomic mass is 32.1. The minimum atomic E-state index is -1.02. The van der Waals surface area contributed by atoms with Crippen molar-refractivity contribution >= 4 is 23.2 Å². The normalized spacial score (nSPS) is 22.0. The Kier molecular flexibility index (Phi) is 5.69. The Morgan fingerprint density at radius 2 is 2.10 bits per heavy atom. The van der Waals surface area contributed by atoms with Crippen LogP contribution in [0.25, 0.3) is 0 Å². The molecule has 1 aromatic rings. The molecule has 0 aromatic carbocycles. The standard InChI is InChI=1S/C14H21N3O3S/c15-7-9-1-3-10(4-2-9)13(18)16-6-5-12-17-11(8-21-12)14(19)20/h8-10H,1-7,15H2,(H,16,18)(H,19,20). The Labute approximate surface area is 127 Å². The number of nitrogens with two attached hydrogens (primary N) is 1. The topological polar surface area (TPSA) is 105 Å². The van der Waals surface area contributed by atoms with Gasteiger partial charge in [0.1, 0.15) is 0 Å². The van der Waals surface area contributed by atoms with Crippen LogP contribution in [0.3, 0.4) is 0 Å². The van der Waals surface area contributed by atoms with Crippen LogP contribution in [0.15, 0.2) is 5.38 Å². The highest BCUT2D eigenvalue weighted by molar-refractivity contribution is 7.09. The number of nitrogens with zero attached hydrogens (tertiary/aromatic N) is 1. The third-order valence-electron chi connectivity index (χ3n) is 3.96. The van der Waals surface area contributed by atoms with Crippen LogP contribution in [-0.2, 0) is 11.2 Å². The third kappa shape index (κ3) is 4.50. The van der Waals surface area contributed by atoms with E-state index in [0.29, 0.717) is 25.4 Å². The highest BCUT2D eigenvalue weighted by Crippen LogP contribution is 2.28. The van der Waals surface area contributed by atoms with E-state index >= 15 is 0 Å². The van der Waals surface area contributed by atoms with Crippen LogP contribution in [0, 0.1) is 11.8 Å². The smallest absolute Gasteiger partial charge is 0.355 e. The molecule has 0 saturated heterocycles. The molecule has 21 heavy (non-hydrogen) atoms. The van der Waals surface area contributed by atoms with Crippen molar-refractivity contribution in [1.29, 1.82) is 0 Å². The summed E-state index contributed by atoms with van der Waals surface area (Å²) in [5, 5.41) is 14.0. The summed E-state index contributed by atoms with van der Waals surface area (Å²) in [6, 6.07) is 0. The van der Waals surface area contributed by atoms with Crippen LogP contribution in [0.4, 0.5) is 0 Å². The number of nitrogens with one attached hydrogen (secondary N) is 1. The molecule has 6 nitrogen and oxygen atoms in total. The lowest BCUT2D eigenvalue weighted by atomic mass is 9.81. The molecule has 0 unspecified atom stereocenters. The van der Waals surface area contributed by atoms with E-state index in [1.807, 2.05) is 0 Å². The molecule has 1 heterocycles. The van der Waals surface area contributed by atoms with Gasteiger partial charge in [-0.1, -0.05) is 0 Å². The minimum absolute atomic E-state index is 0.0708. The van der Waals surface area contributed by atoms with Gasteiger partial charge in [-0.2, -0.15) is 0 Å². The maximum Gasteiger partial charge on any atom is 0.355 e. The van der Waals surface area contributed by atoms with Crippen LogP contribution < -0.4 is 11.1 Å². The lowest BCUT2D eigenvalue weighted by Gasteiger charge is -2.26. The second kappa shape index (κ2) is 7.51. The zero-order valence-electron chi connectivity index (χ0n) is 11.9. The quantitative estimate of drug-likeness (QED) is 0.733. The Morgan fingerprint density at radius 1 is 1.38 bits per heavy atom. The number of carboxylic acids is 1. The molecule has 4 N–H and O–H groups in total. The summed E-state index contributed by atoms with van der Waals surface area (Å²) in [5.74, 6) is -0.254. The summed E-state index contributed by atoms with van der Waals surface area (Å²) in [4.78, 5) is 26.8. The van der Waals surface area contributed by atoms with Gasteiger partial charge in [0.25, 0.3) is 0 Å². The molecule has 0 radical (unpaired) electrons. The Balaban J connectivity index is 1.70. The van der Waals surface area contributed by atoms with Crippen molar-refractivity contribution in [2.45, 2.75) is 32.1 Å². The van der Waals surface area contributed by atoms with Crippen molar-refractivity contribution in [3.05, 3.63) is 16.1 Å². The lowest BCUT2D eigenvalue weighted by molar-refractivity contribution is -0.126. The number of thiazole rings is 1. The van der Waals surface area contributed by atoms with E-state index in [-0.39, 0.29) is 17.5 Å². The second-order valence-corrected chi connectivity index (χ2v) is 6.37. The first kappa shape index (κ1) is 15.9. The molecule has 0 spiro atoms. The van der Waals surface area contributed by atoms with Gasteiger partial charge in [0, 0.05) is 24.3 Å². The summed E-state index contributed by atoms with van der Waals surface area (Å²) in [7, 11) is 0. The fourth-order valence-electron chi connectivity index (χ4n) is 2.62. The SMILES string of the molecule is NCC1CCC(C(=O)NCCc2nc(C(=O)O)cs2)CC1. The maximum atomic E-state index is 12.0. The number of carboxylic acid groups (broad SMARTS) is 1. The number of hydrogen-bond donors (Lipinski definition) is 3. The van der Waals surface area contributed by atoms with Gasteiger partial charge in [-0.05, 0) is 38.1 Å². The first-order valence-corrected chi connectivity index (χ1v) is 8.13. The van der Waals surface area contributed by atoms with E-state index < -0.39 is 5.97 Å². The Hall–Kier alpha value is -1.47. The first-order valence-electron chi connectivity index (χ1n) is 7.25. The second-order valence-electron chi connectivity index (χ2n) is 5.43. The predicted octanol–water partition coefficient (Wildman–Crippen LogP) is 1.27. The molecule has 1 saturated carbocycles. The van der Waals surface area contributed by atoms with Gasteiger partial charge in [-0.3, -0.25) is 4.79 Å². The van der Waals surface area contributed by atoms with Crippen molar-refractivity contribution in [1.82, 2.24) is 10.3 Å². The number of aromatic carboxylic acids is 1. The molecule has 1 aliphatic carbocycles. The number of rotatable bonds is 6. The number of aromatic nitrogens is 1.